The summed E-state index contributed by atoms with van der Waals surface area (Å²) in [6, 6.07) is 0. The van der Waals surface area contributed by atoms with Crippen LogP contribution in [0.5, 0.6) is 0 Å². The van der Waals surface area contributed by atoms with Crippen molar-refractivity contribution < 1.29 is 38.6 Å². The number of allylic oxidation sites excluding steroid dienone is 8. The van der Waals surface area contributed by atoms with E-state index >= 15 is 0 Å². The van der Waals surface area contributed by atoms with Crippen molar-refractivity contribution in [1.29, 1.82) is 0 Å². The maximum Gasteiger partial charge on any atom is 2.00 e. The summed E-state index contributed by atoms with van der Waals surface area (Å²) in [5.41, 5.74) is 2.55. The normalized spacial score (nSPS) is 15.9. The van der Waals surface area contributed by atoms with Gasteiger partial charge in [-0.15, -0.1) is 12.8 Å². The van der Waals surface area contributed by atoms with E-state index in [1.54, 1.807) is 0 Å². The average molecular weight is 285 g/mol. The first-order chi connectivity index (χ1) is 5.79. The van der Waals surface area contributed by atoms with Gasteiger partial charge in [0.1, 0.15) is 0 Å². The van der Waals surface area contributed by atoms with Crippen molar-refractivity contribution >= 4 is 0 Å². The molecule has 0 spiro atoms. The molecule has 0 nitrogen and oxygen atoms in total. The first-order valence-electron chi connectivity index (χ1n) is 4.27. The van der Waals surface area contributed by atoms with Gasteiger partial charge in [-0.3, -0.25) is 12.2 Å². The molecule has 0 heterocycles. The SMILES string of the molecule is CC1=[C-]CC=C1.CC1=[C-]CC=C1.[Cl-].[Zr+2]. The summed E-state index contributed by atoms with van der Waals surface area (Å²) in [6.45, 7) is 4.12. The first-order valence-corrected chi connectivity index (χ1v) is 4.27. The molecular formula is C12H14ClZr-. The molecular weight excluding hydrogens is 271 g/mol. The average Bonchev–Trinajstić information content (AvgIpc) is 2.63. The number of hydrogen-bond acceptors (Lipinski definition) is 0. The Kier molecular flexibility index (Phi) is 11.4. The molecule has 0 saturated carbocycles. The zero-order chi connectivity index (χ0) is 8.81. The topological polar surface area (TPSA) is 0 Å². The van der Waals surface area contributed by atoms with Gasteiger partial charge in [-0.2, -0.15) is 12.2 Å². The Hall–Kier alpha value is 0.133. The van der Waals surface area contributed by atoms with E-state index in [0.29, 0.717) is 0 Å². The van der Waals surface area contributed by atoms with Crippen LogP contribution in [0.15, 0.2) is 35.5 Å². The van der Waals surface area contributed by atoms with Crippen molar-refractivity contribution in [2.45, 2.75) is 26.7 Å². The minimum atomic E-state index is 0. The molecule has 0 aromatic heterocycles. The molecule has 0 aromatic carbocycles. The van der Waals surface area contributed by atoms with Gasteiger partial charge in [-0.05, 0) is 0 Å². The third-order valence-electron chi connectivity index (χ3n) is 1.73. The fourth-order valence-electron chi connectivity index (χ4n) is 1.03. The third kappa shape index (κ3) is 7.53. The van der Waals surface area contributed by atoms with Crippen LogP contribution >= 0.6 is 0 Å². The van der Waals surface area contributed by atoms with Crippen molar-refractivity contribution in [2.75, 3.05) is 0 Å². The summed E-state index contributed by atoms with van der Waals surface area (Å²) in [7, 11) is 0. The Balaban J connectivity index is 0. The first kappa shape index (κ1) is 16.6. The van der Waals surface area contributed by atoms with Gasteiger partial charge in [0.05, 0.1) is 0 Å². The summed E-state index contributed by atoms with van der Waals surface area (Å²) in [5.74, 6) is 0. The Morgan fingerprint density at radius 2 is 1.29 bits per heavy atom. The maximum absolute atomic E-state index is 3.12. The predicted molar refractivity (Wildman–Crippen MR) is 52.4 cm³/mol. The molecule has 0 aliphatic heterocycles. The van der Waals surface area contributed by atoms with Crippen LogP contribution in [0.1, 0.15) is 26.7 Å². The fourth-order valence-corrected chi connectivity index (χ4v) is 1.03. The van der Waals surface area contributed by atoms with Crippen LogP contribution in [0.3, 0.4) is 0 Å². The van der Waals surface area contributed by atoms with Gasteiger partial charge in [0.2, 0.25) is 0 Å². The van der Waals surface area contributed by atoms with Crippen LogP contribution in [0.2, 0.25) is 0 Å². The van der Waals surface area contributed by atoms with E-state index in [0.717, 1.165) is 12.8 Å². The molecule has 74 valence electrons. The molecule has 0 N–H and O–H groups in total. The molecule has 0 amide bonds. The molecule has 0 saturated heterocycles. The van der Waals surface area contributed by atoms with Gasteiger partial charge in [-0.25, -0.2) is 23.3 Å². The van der Waals surface area contributed by atoms with Gasteiger partial charge in [0.25, 0.3) is 0 Å². The second kappa shape index (κ2) is 9.68. The van der Waals surface area contributed by atoms with E-state index in [-0.39, 0.29) is 38.6 Å². The fraction of sp³-hybridized carbons (Fsp3) is 0.333. The van der Waals surface area contributed by atoms with Crippen LogP contribution in [0.4, 0.5) is 0 Å². The Morgan fingerprint density at radius 1 is 0.929 bits per heavy atom. The Bertz CT molecular complexity index is 226. The molecule has 2 rings (SSSR count). The summed E-state index contributed by atoms with van der Waals surface area (Å²) < 4.78 is 0. The molecule has 0 atom stereocenters. The van der Waals surface area contributed by atoms with Crippen LogP contribution in [0.25, 0.3) is 0 Å². The predicted octanol–water partition coefficient (Wildman–Crippen LogP) is 0.393. The van der Waals surface area contributed by atoms with Crippen molar-refractivity contribution in [2.24, 2.45) is 0 Å². The quantitative estimate of drug-likeness (QED) is 0.565. The zero-order valence-corrected chi connectivity index (χ0v) is 11.8. The van der Waals surface area contributed by atoms with Crippen LogP contribution in [0, 0.1) is 12.2 Å². The van der Waals surface area contributed by atoms with Gasteiger partial charge in [0.15, 0.2) is 0 Å². The monoisotopic (exact) mass is 283 g/mol. The molecule has 14 heavy (non-hydrogen) atoms. The van der Waals surface area contributed by atoms with E-state index in [2.05, 4.69) is 50.3 Å². The minimum Gasteiger partial charge on any atom is -1.00 e. The standard InChI is InChI=1S/2C6H7.ClH.Zr/c2*1-6-4-2-3-5-6;;/h2*2,4H,3H2,1H3;1H;/q2*-1;;+2/p-1. The molecule has 0 aromatic rings. The zero-order valence-electron chi connectivity index (χ0n) is 8.60. The maximum atomic E-state index is 3.12. The molecule has 0 unspecified atom stereocenters. The van der Waals surface area contributed by atoms with Crippen molar-refractivity contribution in [3.63, 3.8) is 0 Å². The van der Waals surface area contributed by atoms with E-state index in [4.69, 9.17) is 0 Å². The summed E-state index contributed by atoms with van der Waals surface area (Å²) in [6.07, 6.45) is 16.7. The van der Waals surface area contributed by atoms with Crippen LogP contribution in [-0.4, -0.2) is 0 Å². The Labute approximate surface area is 112 Å². The molecule has 0 bridgehead atoms. The summed E-state index contributed by atoms with van der Waals surface area (Å²) >= 11 is 0. The summed E-state index contributed by atoms with van der Waals surface area (Å²) in [4.78, 5) is 0. The van der Waals surface area contributed by atoms with Gasteiger partial charge in [0, 0.05) is 0 Å². The molecule has 0 fully saturated rings. The van der Waals surface area contributed by atoms with Crippen molar-refractivity contribution in [3.05, 3.63) is 47.6 Å². The van der Waals surface area contributed by atoms with Crippen molar-refractivity contribution in [1.82, 2.24) is 0 Å². The number of halogens is 1. The van der Waals surface area contributed by atoms with E-state index in [1.165, 1.54) is 11.1 Å². The number of rotatable bonds is 0. The second-order valence-corrected chi connectivity index (χ2v) is 2.93. The minimum absolute atomic E-state index is 0. The van der Waals surface area contributed by atoms with Crippen LogP contribution in [-0.2, 0) is 26.2 Å². The van der Waals surface area contributed by atoms with Crippen molar-refractivity contribution in [3.8, 4) is 0 Å². The molecule has 2 aliphatic carbocycles. The van der Waals surface area contributed by atoms with Crippen LogP contribution < -0.4 is 12.4 Å². The Morgan fingerprint density at radius 3 is 1.36 bits per heavy atom. The molecule has 0 radical (unpaired) electrons. The summed E-state index contributed by atoms with van der Waals surface area (Å²) in [5, 5.41) is 0. The van der Waals surface area contributed by atoms with Gasteiger partial charge < -0.3 is 12.4 Å². The molecule has 2 aliphatic rings. The van der Waals surface area contributed by atoms with E-state index in [9.17, 15) is 0 Å². The van der Waals surface area contributed by atoms with Gasteiger partial charge in [-0.1, -0.05) is 13.8 Å². The van der Waals surface area contributed by atoms with E-state index < -0.39 is 0 Å². The smallest absolute Gasteiger partial charge is 1.00 e. The van der Waals surface area contributed by atoms with Gasteiger partial charge >= 0.3 is 26.2 Å². The largest absolute Gasteiger partial charge is 2.00 e. The third-order valence-corrected chi connectivity index (χ3v) is 1.73. The second-order valence-electron chi connectivity index (χ2n) is 2.93. The van der Waals surface area contributed by atoms with E-state index in [1.807, 2.05) is 0 Å². The molecule has 2 heteroatoms. The number of hydrogen-bond donors (Lipinski definition) is 0.